The van der Waals surface area contributed by atoms with Crippen molar-refractivity contribution in [1.29, 1.82) is 0 Å². The summed E-state index contributed by atoms with van der Waals surface area (Å²) < 4.78 is 6.13. The van der Waals surface area contributed by atoms with Gasteiger partial charge in [-0.25, -0.2) is 0 Å². The van der Waals surface area contributed by atoms with Gasteiger partial charge < -0.3 is 10.1 Å². The van der Waals surface area contributed by atoms with Crippen LogP contribution in [0, 0.1) is 6.92 Å². The number of nitrogens with zero attached hydrogens (tertiary/aromatic N) is 1. The fraction of sp³-hybridized carbons (Fsp3) is 0.278. The molecule has 5 heteroatoms. The van der Waals surface area contributed by atoms with Crippen LogP contribution in [0.1, 0.15) is 11.1 Å². The molecule has 0 fully saturated rings. The lowest BCUT2D eigenvalue weighted by molar-refractivity contribution is -0.117. The lowest BCUT2D eigenvalue weighted by atomic mass is 10.2. The molecule has 2 aromatic rings. The van der Waals surface area contributed by atoms with Crippen LogP contribution in [-0.2, 0) is 11.3 Å². The van der Waals surface area contributed by atoms with Gasteiger partial charge in [0, 0.05) is 16.7 Å². The lowest BCUT2D eigenvalue weighted by Crippen LogP contribution is -2.29. The number of anilines is 1. The Morgan fingerprint density at radius 1 is 1.22 bits per heavy atom. The predicted octanol–water partition coefficient (Wildman–Crippen LogP) is 3.84. The van der Waals surface area contributed by atoms with Crippen LogP contribution in [0.25, 0.3) is 0 Å². The number of halogens is 1. The van der Waals surface area contributed by atoms with Crippen LogP contribution in [0.4, 0.5) is 5.69 Å². The number of rotatable bonds is 6. The minimum Gasteiger partial charge on any atom is -0.497 e. The van der Waals surface area contributed by atoms with Crippen LogP contribution in [0.15, 0.2) is 46.9 Å². The first-order chi connectivity index (χ1) is 11.0. The van der Waals surface area contributed by atoms with Crippen LogP contribution in [0.3, 0.4) is 0 Å². The molecule has 0 spiro atoms. The van der Waals surface area contributed by atoms with Crippen molar-refractivity contribution in [2.45, 2.75) is 13.5 Å². The fourth-order valence-electron chi connectivity index (χ4n) is 2.21. The first-order valence-corrected chi connectivity index (χ1v) is 8.14. The highest BCUT2D eigenvalue weighted by atomic mass is 79.9. The van der Waals surface area contributed by atoms with Crippen LogP contribution < -0.4 is 10.1 Å². The van der Waals surface area contributed by atoms with Gasteiger partial charge in [-0.15, -0.1) is 0 Å². The molecule has 2 rings (SSSR count). The zero-order chi connectivity index (χ0) is 16.8. The van der Waals surface area contributed by atoms with E-state index in [1.165, 1.54) is 0 Å². The van der Waals surface area contributed by atoms with Gasteiger partial charge in [0.2, 0.25) is 5.91 Å². The maximum Gasteiger partial charge on any atom is 0.238 e. The molecule has 0 atom stereocenters. The Morgan fingerprint density at radius 2 is 1.91 bits per heavy atom. The van der Waals surface area contributed by atoms with E-state index in [1.54, 1.807) is 7.11 Å². The number of hydrogen-bond acceptors (Lipinski definition) is 3. The summed E-state index contributed by atoms with van der Waals surface area (Å²) in [5, 5.41) is 2.91. The summed E-state index contributed by atoms with van der Waals surface area (Å²) in [5.41, 5.74) is 3.07. The normalized spacial score (nSPS) is 10.7. The number of hydrogen-bond donors (Lipinski definition) is 1. The van der Waals surface area contributed by atoms with E-state index in [1.807, 2.05) is 61.3 Å². The second-order valence-electron chi connectivity index (χ2n) is 5.53. The van der Waals surface area contributed by atoms with Crippen LogP contribution >= 0.6 is 15.9 Å². The Hall–Kier alpha value is -1.85. The topological polar surface area (TPSA) is 41.6 Å². The lowest BCUT2D eigenvalue weighted by Gasteiger charge is -2.17. The standard InChI is InChI=1S/C18H21BrN2O2/c1-13-4-7-15(10-17(13)19)20-18(22)12-21(2)11-14-5-8-16(23-3)9-6-14/h4-10H,11-12H2,1-3H3,(H,20,22). The van der Waals surface area contributed by atoms with Gasteiger partial charge in [-0.2, -0.15) is 0 Å². The van der Waals surface area contributed by atoms with E-state index in [4.69, 9.17) is 4.74 Å². The molecule has 2 aromatic carbocycles. The number of amides is 1. The van der Waals surface area contributed by atoms with Crippen molar-refractivity contribution >= 4 is 27.5 Å². The van der Waals surface area contributed by atoms with Gasteiger partial charge >= 0.3 is 0 Å². The molecule has 1 amide bonds. The minimum absolute atomic E-state index is 0.0308. The summed E-state index contributed by atoms with van der Waals surface area (Å²) in [6, 6.07) is 13.6. The number of carbonyl (C=O) groups is 1. The Kier molecular flexibility index (Phi) is 6.19. The molecule has 0 bridgehead atoms. The maximum absolute atomic E-state index is 12.1. The van der Waals surface area contributed by atoms with E-state index in [0.717, 1.165) is 27.0 Å². The number of aryl methyl sites for hydroxylation is 1. The van der Waals surface area contributed by atoms with E-state index >= 15 is 0 Å². The monoisotopic (exact) mass is 376 g/mol. The van der Waals surface area contributed by atoms with Crippen molar-refractivity contribution < 1.29 is 9.53 Å². The summed E-state index contributed by atoms with van der Waals surface area (Å²) in [4.78, 5) is 14.1. The highest BCUT2D eigenvalue weighted by Crippen LogP contribution is 2.20. The van der Waals surface area contributed by atoms with Gasteiger partial charge in [0.25, 0.3) is 0 Å². The molecule has 0 heterocycles. The van der Waals surface area contributed by atoms with Crippen LogP contribution in [0.5, 0.6) is 5.75 Å². The number of nitrogens with one attached hydrogen (secondary N) is 1. The molecule has 0 aromatic heterocycles. The summed E-state index contributed by atoms with van der Waals surface area (Å²) >= 11 is 3.47. The van der Waals surface area contributed by atoms with E-state index in [2.05, 4.69) is 21.2 Å². The van der Waals surface area contributed by atoms with Crippen molar-refractivity contribution in [3.8, 4) is 5.75 Å². The molecule has 4 nitrogen and oxygen atoms in total. The van der Waals surface area contributed by atoms with Crippen molar-refractivity contribution in [3.63, 3.8) is 0 Å². The van der Waals surface area contributed by atoms with Crippen LogP contribution in [-0.4, -0.2) is 31.5 Å². The largest absolute Gasteiger partial charge is 0.497 e. The van der Waals surface area contributed by atoms with Gasteiger partial charge in [-0.1, -0.05) is 34.1 Å². The third-order valence-corrected chi connectivity index (χ3v) is 4.33. The zero-order valence-corrected chi connectivity index (χ0v) is 15.2. The molecular weight excluding hydrogens is 356 g/mol. The number of methoxy groups -OCH3 is 1. The number of likely N-dealkylation sites (N-methyl/N-ethyl adjacent to an activating group) is 1. The number of carbonyl (C=O) groups excluding carboxylic acids is 1. The predicted molar refractivity (Wildman–Crippen MR) is 96.8 cm³/mol. The number of ether oxygens (including phenoxy) is 1. The third kappa shape index (κ3) is 5.37. The first-order valence-electron chi connectivity index (χ1n) is 7.35. The smallest absolute Gasteiger partial charge is 0.238 e. The Balaban J connectivity index is 1.87. The van der Waals surface area contributed by atoms with E-state index in [-0.39, 0.29) is 5.91 Å². The SMILES string of the molecule is COc1ccc(CN(C)CC(=O)Nc2ccc(C)c(Br)c2)cc1. The number of benzene rings is 2. The second kappa shape index (κ2) is 8.13. The van der Waals surface area contributed by atoms with Gasteiger partial charge in [-0.05, 0) is 49.4 Å². The van der Waals surface area contributed by atoms with Crippen molar-refractivity contribution in [2.24, 2.45) is 0 Å². The molecular formula is C18H21BrN2O2. The van der Waals surface area contributed by atoms with Gasteiger partial charge in [0.1, 0.15) is 5.75 Å². The zero-order valence-electron chi connectivity index (χ0n) is 13.6. The van der Waals surface area contributed by atoms with Gasteiger partial charge in [0.15, 0.2) is 0 Å². The average molecular weight is 377 g/mol. The molecule has 0 aliphatic heterocycles. The van der Waals surface area contributed by atoms with Gasteiger partial charge in [-0.3, -0.25) is 9.69 Å². The van der Waals surface area contributed by atoms with Crippen molar-refractivity contribution in [3.05, 3.63) is 58.1 Å². The van der Waals surface area contributed by atoms with Crippen molar-refractivity contribution in [2.75, 3.05) is 26.0 Å². The molecule has 0 saturated carbocycles. The van der Waals surface area contributed by atoms with E-state index < -0.39 is 0 Å². The Morgan fingerprint density at radius 3 is 2.52 bits per heavy atom. The average Bonchev–Trinajstić information content (AvgIpc) is 2.51. The van der Waals surface area contributed by atoms with Crippen molar-refractivity contribution in [1.82, 2.24) is 4.90 Å². The highest BCUT2D eigenvalue weighted by Gasteiger charge is 2.08. The first kappa shape index (κ1) is 17.5. The van der Waals surface area contributed by atoms with Crippen LogP contribution in [0.2, 0.25) is 0 Å². The summed E-state index contributed by atoms with van der Waals surface area (Å²) in [5.74, 6) is 0.802. The molecule has 0 aliphatic carbocycles. The fourth-order valence-corrected chi connectivity index (χ4v) is 2.59. The Bertz CT molecular complexity index is 671. The van der Waals surface area contributed by atoms with Gasteiger partial charge in [0.05, 0.1) is 13.7 Å². The molecule has 0 aliphatic rings. The summed E-state index contributed by atoms with van der Waals surface area (Å²) in [6.45, 7) is 3.05. The molecule has 0 saturated heterocycles. The molecule has 0 unspecified atom stereocenters. The maximum atomic E-state index is 12.1. The molecule has 23 heavy (non-hydrogen) atoms. The summed E-state index contributed by atoms with van der Waals surface area (Å²) in [6.07, 6.45) is 0. The Labute approximate surface area is 145 Å². The van der Waals surface area contributed by atoms with E-state index in [0.29, 0.717) is 13.1 Å². The quantitative estimate of drug-likeness (QED) is 0.832. The second-order valence-corrected chi connectivity index (χ2v) is 6.39. The molecule has 0 radical (unpaired) electrons. The third-order valence-electron chi connectivity index (χ3n) is 3.48. The minimum atomic E-state index is -0.0308. The molecule has 122 valence electrons. The molecule has 1 N–H and O–H groups in total. The summed E-state index contributed by atoms with van der Waals surface area (Å²) in [7, 11) is 3.57. The van der Waals surface area contributed by atoms with E-state index in [9.17, 15) is 4.79 Å². The highest BCUT2D eigenvalue weighted by molar-refractivity contribution is 9.10.